The lowest BCUT2D eigenvalue weighted by Crippen LogP contribution is -2.49. The van der Waals surface area contributed by atoms with Crippen molar-refractivity contribution in [2.75, 3.05) is 45.7 Å². The first kappa shape index (κ1) is 25.5. The molecular weight excluding hydrogens is 434 g/mol. The summed E-state index contributed by atoms with van der Waals surface area (Å²) in [5, 5.41) is 18.9. The van der Waals surface area contributed by atoms with Crippen molar-refractivity contribution >= 4 is 17.6 Å². The van der Waals surface area contributed by atoms with E-state index in [1.807, 2.05) is 63.3 Å². The Labute approximate surface area is 201 Å². The van der Waals surface area contributed by atoms with Gasteiger partial charge in [0.1, 0.15) is 11.9 Å². The molecule has 0 unspecified atom stereocenters. The van der Waals surface area contributed by atoms with Gasteiger partial charge in [-0.05, 0) is 49.9 Å². The third kappa shape index (κ3) is 5.87. The first-order chi connectivity index (χ1) is 16.1. The lowest BCUT2D eigenvalue weighted by molar-refractivity contribution is 0.0341. The topological polar surface area (TPSA) is 93.6 Å². The number of rotatable bonds is 8. The van der Waals surface area contributed by atoms with Gasteiger partial charge in [0.25, 0.3) is 5.91 Å². The number of ether oxygens (including phenoxy) is 1. The number of benzene rings is 2. The molecule has 1 aliphatic heterocycles. The Morgan fingerprint density at radius 1 is 1.18 bits per heavy atom. The second-order valence-electron chi connectivity index (χ2n) is 9.40. The van der Waals surface area contributed by atoms with Crippen molar-refractivity contribution in [3.63, 3.8) is 0 Å². The molecule has 0 fully saturated rings. The molecule has 0 radical (unpaired) electrons. The molecule has 8 nitrogen and oxygen atoms in total. The van der Waals surface area contributed by atoms with E-state index >= 15 is 0 Å². The minimum atomic E-state index is -0.941. The highest BCUT2D eigenvalue weighted by Gasteiger charge is 2.33. The van der Waals surface area contributed by atoms with E-state index in [0.717, 1.165) is 11.3 Å². The lowest BCUT2D eigenvalue weighted by atomic mass is 9.99. The third-order valence-corrected chi connectivity index (χ3v) is 6.31. The molecule has 1 aliphatic rings. The van der Waals surface area contributed by atoms with E-state index in [9.17, 15) is 14.7 Å². The van der Waals surface area contributed by atoms with Crippen molar-refractivity contribution in [1.29, 1.82) is 0 Å². The summed E-state index contributed by atoms with van der Waals surface area (Å²) in [4.78, 5) is 30.3. The number of carbonyl (C=O) groups excluding carboxylic acids is 1. The molecule has 0 bridgehead atoms. The van der Waals surface area contributed by atoms with Gasteiger partial charge in [-0.1, -0.05) is 19.1 Å². The van der Waals surface area contributed by atoms with Crippen LogP contribution < -0.4 is 9.64 Å². The second kappa shape index (κ2) is 10.9. The first-order valence-electron chi connectivity index (χ1n) is 11.5. The fourth-order valence-corrected chi connectivity index (χ4v) is 4.14. The largest absolute Gasteiger partial charge is 0.488 e. The number of aliphatic hydroxyl groups is 1. The number of anilines is 1. The zero-order valence-electron chi connectivity index (χ0n) is 20.6. The van der Waals surface area contributed by atoms with Gasteiger partial charge in [-0.15, -0.1) is 0 Å². The van der Waals surface area contributed by atoms with Crippen molar-refractivity contribution in [1.82, 2.24) is 9.80 Å². The van der Waals surface area contributed by atoms with E-state index in [-0.39, 0.29) is 36.1 Å². The van der Waals surface area contributed by atoms with E-state index in [4.69, 9.17) is 9.84 Å². The van der Waals surface area contributed by atoms with Gasteiger partial charge in [-0.3, -0.25) is 9.69 Å². The SMILES string of the molecule is C[C@@H]1CN([C@@H](C)CO)C(=O)c2cc(N(C)C)ccc2O[C@H]1CN(C)Cc1ccc(C(=O)O)cc1. The number of aliphatic hydroxyl groups excluding tert-OH is 1. The van der Waals surface area contributed by atoms with E-state index < -0.39 is 5.97 Å². The third-order valence-electron chi connectivity index (χ3n) is 6.31. The van der Waals surface area contributed by atoms with Crippen LogP contribution in [0.25, 0.3) is 0 Å². The zero-order chi connectivity index (χ0) is 25.0. The van der Waals surface area contributed by atoms with Gasteiger partial charge in [0.05, 0.1) is 23.8 Å². The maximum Gasteiger partial charge on any atom is 0.335 e. The molecule has 0 aliphatic carbocycles. The summed E-state index contributed by atoms with van der Waals surface area (Å²) in [6.07, 6.45) is -0.186. The summed E-state index contributed by atoms with van der Waals surface area (Å²) in [6, 6.07) is 12.2. The van der Waals surface area contributed by atoms with Crippen LogP contribution >= 0.6 is 0 Å². The molecule has 3 rings (SSSR count). The molecule has 8 heteroatoms. The summed E-state index contributed by atoms with van der Waals surface area (Å²) < 4.78 is 6.43. The van der Waals surface area contributed by atoms with Crippen LogP contribution in [0, 0.1) is 5.92 Å². The van der Waals surface area contributed by atoms with E-state index in [1.54, 1.807) is 17.0 Å². The number of fused-ring (bicyclic) bond motifs is 1. The van der Waals surface area contributed by atoms with Crippen molar-refractivity contribution in [2.24, 2.45) is 5.92 Å². The molecule has 0 spiro atoms. The van der Waals surface area contributed by atoms with Crippen LogP contribution in [-0.2, 0) is 6.54 Å². The fourth-order valence-electron chi connectivity index (χ4n) is 4.14. The van der Waals surface area contributed by atoms with Crippen molar-refractivity contribution in [2.45, 2.75) is 32.5 Å². The minimum Gasteiger partial charge on any atom is -0.488 e. The smallest absolute Gasteiger partial charge is 0.335 e. The number of hydrogen-bond donors (Lipinski definition) is 2. The van der Waals surface area contributed by atoms with Gasteiger partial charge >= 0.3 is 5.97 Å². The van der Waals surface area contributed by atoms with Gasteiger partial charge < -0.3 is 24.7 Å². The van der Waals surface area contributed by atoms with Crippen LogP contribution in [0.15, 0.2) is 42.5 Å². The summed E-state index contributed by atoms with van der Waals surface area (Å²) in [7, 11) is 5.84. The van der Waals surface area contributed by atoms with E-state index in [2.05, 4.69) is 11.8 Å². The van der Waals surface area contributed by atoms with Crippen molar-refractivity contribution in [3.8, 4) is 5.75 Å². The lowest BCUT2D eigenvalue weighted by Gasteiger charge is -2.38. The summed E-state index contributed by atoms with van der Waals surface area (Å²) >= 11 is 0. The Balaban J connectivity index is 1.85. The number of carboxylic acid groups (broad SMARTS) is 1. The maximum atomic E-state index is 13.4. The molecule has 1 heterocycles. The molecule has 1 amide bonds. The molecule has 2 aromatic rings. The number of likely N-dealkylation sites (N-methyl/N-ethyl adjacent to an activating group) is 1. The average molecular weight is 470 g/mol. The molecule has 34 heavy (non-hydrogen) atoms. The normalized spacial score (nSPS) is 19.1. The Bertz CT molecular complexity index is 1010. The fraction of sp³-hybridized carbons (Fsp3) is 0.462. The van der Waals surface area contributed by atoms with Crippen LogP contribution in [0.2, 0.25) is 0 Å². The monoisotopic (exact) mass is 469 g/mol. The quantitative estimate of drug-likeness (QED) is 0.614. The summed E-state index contributed by atoms with van der Waals surface area (Å²) in [6.45, 7) is 5.52. The van der Waals surface area contributed by atoms with E-state index in [0.29, 0.717) is 30.9 Å². The number of carboxylic acids is 1. The Morgan fingerprint density at radius 3 is 2.44 bits per heavy atom. The van der Waals surface area contributed by atoms with Gasteiger partial charge in [-0.2, -0.15) is 0 Å². The van der Waals surface area contributed by atoms with Gasteiger partial charge in [-0.25, -0.2) is 4.79 Å². The molecule has 2 N–H and O–H groups in total. The Hall–Kier alpha value is -3.10. The van der Waals surface area contributed by atoms with Crippen molar-refractivity contribution < 1.29 is 24.5 Å². The van der Waals surface area contributed by atoms with Crippen LogP contribution in [0.4, 0.5) is 5.69 Å². The summed E-state index contributed by atoms with van der Waals surface area (Å²) in [5.74, 6) is -0.515. The molecule has 2 aromatic carbocycles. The second-order valence-corrected chi connectivity index (χ2v) is 9.40. The highest BCUT2D eigenvalue weighted by Crippen LogP contribution is 2.31. The average Bonchev–Trinajstić information content (AvgIpc) is 2.80. The first-order valence-corrected chi connectivity index (χ1v) is 11.5. The highest BCUT2D eigenvalue weighted by atomic mass is 16.5. The van der Waals surface area contributed by atoms with Gasteiger partial charge in [0.2, 0.25) is 0 Å². The number of amides is 1. The van der Waals surface area contributed by atoms with Crippen LogP contribution in [0.1, 0.15) is 40.1 Å². The van der Waals surface area contributed by atoms with Gasteiger partial charge in [0, 0.05) is 45.3 Å². The predicted molar refractivity (Wildman–Crippen MR) is 132 cm³/mol. The Kier molecular flexibility index (Phi) is 8.17. The molecule has 0 aromatic heterocycles. The van der Waals surface area contributed by atoms with Crippen LogP contribution in [-0.4, -0.2) is 84.9 Å². The molecule has 0 saturated heterocycles. The molecule has 3 atom stereocenters. The number of nitrogens with zero attached hydrogens (tertiary/aromatic N) is 3. The number of carbonyl (C=O) groups is 2. The van der Waals surface area contributed by atoms with E-state index in [1.165, 1.54) is 0 Å². The standard InChI is InChI=1S/C26H35N3O5/c1-17-13-29(18(2)16-30)25(31)22-12-21(27(3)4)10-11-23(22)34-24(17)15-28(5)14-19-6-8-20(9-7-19)26(32)33/h6-12,17-18,24,30H,13-16H2,1-5H3,(H,32,33)/t17-,18+,24+/m1/s1. The molecule has 0 saturated carbocycles. The highest BCUT2D eigenvalue weighted by molar-refractivity contribution is 5.98. The van der Waals surface area contributed by atoms with Crippen LogP contribution in [0.5, 0.6) is 5.75 Å². The van der Waals surface area contributed by atoms with Crippen LogP contribution in [0.3, 0.4) is 0 Å². The molecular formula is C26H35N3O5. The maximum absolute atomic E-state index is 13.4. The number of hydrogen-bond acceptors (Lipinski definition) is 6. The summed E-state index contributed by atoms with van der Waals surface area (Å²) in [5.41, 5.74) is 2.67. The zero-order valence-corrected chi connectivity index (χ0v) is 20.6. The van der Waals surface area contributed by atoms with Gasteiger partial charge in [0.15, 0.2) is 0 Å². The van der Waals surface area contributed by atoms with Crippen molar-refractivity contribution in [3.05, 3.63) is 59.2 Å². The Morgan fingerprint density at radius 2 is 1.85 bits per heavy atom. The molecule has 184 valence electrons. The number of aromatic carboxylic acids is 1. The predicted octanol–water partition coefficient (Wildman–Crippen LogP) is 2.80. The minimum absolute atomic E-state index is 0.0245.